The smallest absolute Gasteiger partial charge is 0.319 e. The molecule has 2 aromatic carbocycles. The fourth-order valence-electron chi connectivity index (χ4n) is 2.38. The average molecular weight is 379 g/mol. The van der Waals surface area contributed by atoms with Crippen molar-refractivity contribution < 1.29 is 19.0 Å². The fraction of sp³-hybridized carbons (Fsp3) is 0.316. The Morgan fingerprint density at radius 2 is 1.77 bits per heavy atom. The van der Waals surface area contributed by atoms with E-state index in [1.807, 2.05) is 31.2 Å². The van der Waals surface area contributed by atoms with Crippen molar-refractivity contribution in [3.8, 4) is 11.5 Å². The van der Waals surface area contributed by atoms with Crippen LogP contribution in [0.2, 0.25) is 5.02 Å². The first-order valence-electron chi connectivity index (χ1n) is 8.20. The second kappa shape index (κ2) is 9.89. The molecule has 0 heterocycles. The van der Waals surface area contributed by atoms with Crippen molar-refractivity contribution in [2.45, 2.75) is 20.1 Å². The monoisotopic (exact) mass is 378 g/mol. The summed E-state index contributed by atoms with van der Waals surface area (Å²) >= 11 is 6.12. The molecule has 0 bridgehead atoms. The Morgan fingerprint density at radius 3 is 2.42 bits per heavy atom. The molecular weight excluding hydrogens is 356 g/mol. The third-order valence-corrected chi connectivity index (χ3v) is 4.04. The molecule has 0 aliphatic rings. The Hall–Kier alpha value is -2.44. The lowest BCUT2D eigenvalue weighted by atomic mass is 10.1. The van der Waals surface area contributed by atoms with Gasteiger partial charge in [-0.05, 0) is 24.1 Å². The van der Waals surface area contributed by atoms with Crippen molar-refractivity contribution in [2.75, 3.05) is 26.1 Å². The first-order chi connectivity index (χ1) is 12.6. The second-order valence-corrected chi connectivity index (χ2v) is 5.81. The Morgan fingerprint density at radius 1 is 1.08 bits per heavy atom. The highest BCUT2D eigenvalue weighted by molar-refractivity contribution is 6.32. The molecule has 0 saturated heterocycles. The predicted molar refractivity (Wildman–Crippen MR) is 102 cm³/mol. The quantitative estimate of drug-likeness (QED) is 0.721. The lowest BCUT2D eigenvalue weighted by Gasteiger charge is -2.14. The number of carbonyl (C=O) groups is 1. The second-order valence-electron chi connectivity index (χ2n) is 5.40. The van der Waals surface area contributed by atoms with E-state index in [0.717, 1.165) is 11.1 Å². The maximum atomic E-state index is 12.3. The van der Waals surface area contributed by atoms with Crippen molar-refractivity contribution in [3.63, 3.8) is 0 Å². The molecule has 6 nitrogen and oxygen atoms in total. The Kier molecular flexibility index (Phi) is 7.56. The number of amides is 2. The minimum Gasteiger partial charge on any atom is -0.495 e. The molecule has 0 atom stereocenters. The maximum absolute atomic E-state index is 12.3. The zero-order chi connectivity index (χ0) is 18.9. The number of halogens is 1. The SMILES string of the molecule is CCOCc1ccccc1CNC(=O)Nc1cc(Cl)c(OC)cc1OC. The van der Waals surface area contributed by atoms with Crippen LogP contribution in [0.3, 0.4) is 0 Å². The van der Waals surface area contributed by atoms with Crippen LogP contribution >= 0.6 is 11.6 Å². The van der Waals surface area contributed by atoms with Gasteiger partial charge in [-0.15, -0.1) is 0 Å². The summed E-state index contributed by atoms with van der Waals surface area (Å²) in [7, 11) is 3.02. The van der Waals surface area contributed by atoms with Crippen LogP contribution in [0.25, 0.3) is 0 Å². The van der Waals surface area contributed by atoms with Gasteiger partial charge >= 0.3 is 6.03 Å². The summed E-state index contributed by atoms with van der Waals surface area (Å²) in [6.45, 7) is 3.47. The van der Waals surface area contributed by atoms with E-state index in [0.29, 0.717) is 42.0 Å². The standard InChI is InChI=1S/C19H23ClN2O4/c1-4-26-12-14-8-6-5-7-13(14)11-21-19(23)22-16-9-15(20)17(24-2)10-18(16)25-3/h5-10H,4,11-12H2,1-3H3,(H2,21,22,23). The van der Waals surface area contributed by atoms with Crippen LogP contribution < -0.4 is 20.1 Å². The molecule has 7 heteroatoms. The van der Waals surface area contributed by atoms with Gasteiger partial charge in [0.15, 0.2) is 0 Å². The van der Waals surface area contributed by atoms with Crippen LogP contribution in [-0.4, -0.2) is 26.9 Å². The topological polar surface area (TPSA) is 68.8 Å². The van der Waals surface area contributed by atoms with Crippen molar-refractivity contribution in [1.82, 2.24) is 5.32 Å². The number of hydrogen-bond donors (Lipinski definition) is 2. The van der Waals surface area contributed by atoms with Gasteiger partial charge in [-0.1, -0.05) is 35.9 Å². The highest BCUT2D eigenvalue weighted by Crippen LogP contribution is 2.35. The number of anilines is 1. The van der Waals surface area contributed by atoms with E-state index in [2.05, 4.69) is 10.6 Å². The third kappa shape index (κ3) is 5.28. The van der Waals surface area contributed by atoms with Gasteiger partial charge in [0.05, 0.1) is 31.5 Å². The molecule has 0 aromatic heterocycles. The molecule has 0 radical (unpaired) electrons. The van der Waals surface area contributed by atoms with Crippen LogP contribution in [0.5, 0.6) is 11.5 Å². The van der Waals surface area contributed by atoms with Crippen LogP contribution in [0, 0.1) is 0 Å². The number of ether oxygens (including phenoxy) is 3. The lowest BCUT2D eigenvalue weighted by Crippen LogP contribution is -2.28. The van der Waals surface area contributed by atoms with Gasteiger partial charge < -0.3 is 24.8 Å². The third-order valence-electron chi connectivity index (χ3n) is 3.74. The molecule has 0 aliphatic heterocycles. The molecule has 2 amide bonds. The van der Waals surface area contributed by atoms with Gasteiger partial charge in [0.1, 0.15) is 11.5 Å². The Bertz CT molecular complexity index is 752. The molecular formula is C19H23ClN2O4. The molecule has 0 spiro atoms. The van der Waals surface area contributed by atoms with Gasteiger partial charge in [-0.2, -0.15) is 0 Å². The van der Waals surface area contributed by atoms with Crippen LogP contribution in [0.4, 0.5) is 10.5 Å². The number of benzene rings is 2. The van der Waals surface area contributed by atoms with E-state index in [-0.39, 0.29) is 6.03 Å². The number of rotatable bonds is 8. The maximum Gasteiger partial charge on any atom is 0.319 e. The Labute approximate surface area is 158 Å². The molecule has 0 aliphatic carbocycles. The molecule has 0 unspecified atom stereocenters. The average Bonchev–Trinajstić information content (AvgIpc) is 2.65. The number of methoxy groups -OCH3 is 2. The van der Waals surface area contributed by atoms with Crippen LogP contribution in [-0.2, 0) is 17.9 Å². The van der Waals surface area contributed by atoms with Gasteiger partial charge in [0.2, 0.25) is 0 Å². The molecule has 0 saturated carbocycles. The summed E-state index contributed by atoms with van der Waals surface area (Å²) in [5.74, 6) is 0.928. The first-order valence-corrected chi connectivity index (χ1v) is 8.57. The normalized spacial score (nSPS) is 10.3. The van der Waals surface area contributed by atoms with Crippen molar-refractivity contribution in [3.05, 3.63) is 52.5 Å². The highest BCUT2D eigenvalue weighted by Gasteiger charge is 2.13. The van der Waals surface area contributed by atoms with Gasteiger partial charge in [0, 0.05) is 19.2 Å². The molecule has 0 fully saturated rings. The van der Waals surface area contributed by atoms with Crippen LogP contribution in [0.15, 0.2) is 36.4 Å². The van der Waals surface area contributed by atoms with Crippen molar-refractivity contribution in [1.29, 1.82) is 0 Å². The molecule has 26 heavy (non-hydrogen) atoms. The fourth-order valence-corrected chi connectivity index (χ4v) is 2.62. The van der Waals surface area contributed by atoms with E-state index in [4.69, 9.17) is 25.8 Å². The predicted octanol–water partition coefficient (Wildman–Crippen LogP) is 4.22. The van der Waals surface area contributed by atoms with Crippen molar-refractivity contribution >= 4 is 23.3 Å². The molecule has 2 rings (SSSR count). The molecule has 140 valence electrons. The number of urea groups is 1. The minimum atomic E-state index is -0.365. The van der Waals surface area contributed by atoms with E-state index in [1.165, 1.54) is 14.2 Å². The summed E-state index contributed by atoms with van der Waals surface area (Å²) in [6, 6.07) is 10.7. The van der Waals surface area contributed by atoms with Gasteiger partial charge in [-0.25, -0.2) is 4.79 Å². The van der Waals surface area contributed by atoms with E-state index in [9.17, 15) is 4.79 Å². The zero-order valence-corrected chi connectivity index (χ0v) is 15.9. The summed E-state index contributed by atoms with van der Waals surface area (Å²) in [5, 5.41) is 5.95. The number of hydrogen-bond acceptors (Lipinski definition) is 4. The molecule has 2 aromatic rings. The largest absolute Gasteiger partial charge is 0.495 e. The van der Waals surface area contributed by atoms with E-state index < -0.39 is 0 Å². The summed E-state index contributed by atoms with van der Waals surface area (Å²) in [6.07, 6.45) is 0. The lowest BCUT2D eigenvalue weighted by molar-refractivity contribution is 0.133. The summed E-state index contributed by atoms with van der Waals surface area (Å²) < 4.78 is 15.9. The van der Waals surface area contributed by atoms with Crippen LogP contribution in [0.1, 0.15) is 18.1 Å². The number of carbonyl (C=O) groups excluding carboxylic acids is 1. The highest BCUT2D eigenvalue weighted by atomic mass is 35.5. The van der Waals surface area contributed by atoms with Gasteiger partial charge in [0.25, 0.3) is 0 Å². The van der Waals surface area contributed by atoms with Gasteiger partial charge in [-0.3, -0.25) is 0 Å². The van der Waals surface area contributed by atoms with E-state index in [1.54, 1.807) is 12.1 Å². The summed E-state index contributed by atoms with van der Waals surface area (Å²) in [4.78, 5) is 12.3. The minimum absolute atomic E-state index is 0.365. The van der Waals surface area contributed by atoms with Crippen molar-refractivity contribution in [2.24, 2.45) is 0 Å². The summed E-state index contributed by atoms with van der Waals surface area (Å²) in [5.41, 5.74) is 2.49. The van der Waals surface area contributed by atoms with E-state index >= 15 is 0 Å². The Balaban J connectivity index is 2.03. The molecule has 2 N–H and O–H groups in total. The zero-order valence-electron chi connectivity index (χ0n) is 15.1. The first kappa shape index (κ1) is 19.9. The number of nitrogens with one attached hydrogen (secondary N) is 2.